The smallest absolute Gasteiger partial charge is 0.308 e. The predicted octanol–water partition coefficient (Wildman–Crippen LogP) is 3.87. The van der Waals surface area contributed by atoms with Crippen LogP contribution in [0.3, 0.4) is 0 Å². The second kappa shape index (κ2) is 10.4. The normalized spacial score (nSPS) is 12.7. The highest BCUT2D eigenvalue weighted by Gasteiger charge is 2.28. The maximum absolute atomic E-state index is 12.7. The summed E-state index contributed by atoms with van der Waals surface area (Å²) in [5.41, 5.74) is 1.09. The number of carbonyl (C=O) groups is 2. The number of benzene rings is 2. The van der Waals surface area contributed by atoms with Crippen molar-refractivity contribution in [3.05, 3.63) is 69.8 Å². The molecule has 0 saturated heterocycles. The molecule has 0 radical (unpaired) electrons. The van der Waals surface area contributed by atoms with E-state index < -0.39 is 28.9 Å². The number of para-hydroxylation sites is 1. The number of nitrogens with one attached hydrogen (secondary N) is 1. The number of amides is 1. The minimum Gasteiger partial charge on any atom is -0.481 e. The lowest BCUT2D eigenvalue weighted by Crippen LogP contribution is -2.39. The molecule has 0 aliphatic carbocycles. The molecule has 8 heteroatoms. The average molecular weight is 414 g/mol. The minimum atomic E-state index is -0.936. The average Bonchev–Trinajstić information content (AvgIpc) is 2.68. The molecule has 1 amide bonds. The van der Waals surface area contributed by atoms with Crippen molar-refractivity contribution in [2.45, 2.75) is 52.4 Å². The number of nitrogens with zero attached hydrogens (tertiary/aromatic N) is 1. The quantitative estimate of drug-likeness (QED) is 0.379. The Hall–Kier alpha value is -3.42. The Morgan fingerprint density at radius 1 is 1.07 bits per heavy atom. The third kappa shape index (κ3) is 6.58. The SMILES string of the molecule is Cc1ccc(OC(C)C(=O)NC(CC(=O)OC(C)C)c2ccccc2[N+](=O)[O-])cc1. The van der Waals surface area contributed by atoms with Crippen LogP contribution in [-0.4, -0.2) is 29.0 Å². The summed E-state index contributed by atoms with van der Waals surface area (Å²) in [6, 6.07) is 12.3. The molecule has 2 aromatic carbocycles. The van der Waals surface area contributed by atoms with Gasteiger partial charge >= 0.3 is 5.97 Å². The van der Waals surface area contributed by atoms with E-state index in [9.17, 15) is 19.7 Å². The molecule has 0 heterocycles. The van der Waals surface area contributed by atoms with Crippen LogP contribution in [0.15, 0.2) is 48.5 Å². The summed E-state index contributed by atoms with van der Waals surface area (Å²) in [5.74, 6) is -0.554. The molecule has 0 fully saturated rings. The third-order valence-electron chi connectivity index (χ3n) is 4.27. The first-order valence-corrected chi connectivity index (χ1v) is 9.64. The van der Waals surface area contributed by atoms with E-state index in [0.717, 1.165) is 5.56 Å². The first kappa shape index (κ1) is 22.9. The Morgan fingerprint density at radius 2 is 1.70 bits per heavy atom. The molecule has 0 aromatic heterocycles. The lowest BCUT2D eigenvalue weighted by Gasteiger charge is -2.22. The van der Waals surface area contributed by atoms with Gasteiger partial charge in [-0.1, -0.05) is 35.9 Å². The molecule has 30 heavy (non-hydrogen) atoms. The summed E-state index contributed by atoms with van der Waals surface area (Å²) in [7, 11) is 0. The van der Waals surface area contributed by atoms with Gasteiger partial charge in [0.25, 0.3) is 11.6 Å². The van der Waals surface area contributed by atoms with E-state index in [0.29, 0.717) is 5.75 Å². The van der Waals surface area contributed by atoms with Crippen molar-refractivity contribution in [2.24, 2.45) is 0 Å². The van der Waals surface area contributed by atoms with E-state index in [1.165, 1.54) is 18.2 Å². The molecule has 2 rings (SSSR count). The standard InChI is InChI=1S/C22H26N2O6/c1-14(2)29-21(25)13-19(18-7-5-6-8-20(18)24(27)28)23-22(26)16(4)30-17-11-9-15(3)10-12-17/h5-12,14,16,19H,13H2,1-4H3,(H,23,26). The Bertz CT molecular complexity index is 895. The molecule has 160 valence electrons. The van der Waals surface area contributed by atoms with Gasteiger partial charge in [0.2, 0.25) is 0 Å². The second-order valence-corrected chi connectivity index (χ2v) is 7.19. The monoisotopic (exact) mass is 414 g/mol. The number of ether oxygens (including phenoxy) is 2. The van der Waals surface area contributed by atoms with Crippen molar-refractivity contribution in [3.63, 3.8) is 0 Å². The van der Waals surface area contributed by atoms with Crippen LogP contribution in [0.25, 0.3) is 0 Å². The highest BCUT2D eigenvalue weighted by molar-refractivity contribution is 5.82. The highest BCUT2D eigenvalue weighted by atomic mass is 16.6. The van der Waals surface area contributed by atoms with Crippen molar-refractivity contribution in [1.29, 1.82) is 0 Å². The summed E-state index contributed by atoms with van der Waals surface area (Å²) < 4.78 is 10.8. The molecule has 2 unspecified atom stereocenters. The molecule has 8 nitrogen and oxygen atoms in total. The summed E-state index contributed by atoms with van der Waals surface area (Å²) >= 11 is 0. The number of nitro groups is 1. The Kier molecular flexibility index (Phi) is 7.91. The largest absolute Gasteiger partial charge is 0.481 e. The summed E-state index contributed by atoms with van der Waals surface area (Å²) in [6.45, 7) is 6.91. The van der Waals surface area contributed by atoms with Crippen molar-refractivity contribution < 1.29 is 24.0 Å². The molecule has 0 bridgehead atoms. The molecule has 0 spiro atoms. The lowest BCUT2D eigenvalue weighted by atomic mass is 10.0. The van der Waals surface area contributed by atoms with E-state index in [-0.39, 0.29) is 23.8 Å². The van der Waals surface area contributed by atoms with Crippen LogP contribution in [0.1, 0.15) is 44.4 Å². The van der Waals surface area contributed by atoms with Gasteiger partial charge in [0.1, 0.15) is 5.75 Å². The van der Waals surface area contributed by atoms with Gasteiger partial charge in [-0.25, -0.2) is 0 Å². The van der Waals surface area contributed by atoms with Crippen LogP contribution in [0.4, 0.5) is 5.69 Å². The zero-order valence-electron chi connectivity index (χ0n) is 17.5. The van der Waals surface area contributed by atoms with Gasteiger partial charge < -0.3 is 14.8 Å². The van der Waals surface area contributed by atoms with E-state index in [1.807, 2.05) is 19.1 Å². The summed E-state index contributed by atoms with van der Waals surface area (Å²) in [5, 5.41) is 14.1. The first-order valence-electron chi connectivity index (χ1n) is 9.64. The zero-order chi connectivity index (χ0) is 22.3. The van der Waals surface area contributed by atoms with Gasteiger partial charge in [0.15, 0.2) is 6.10 Å². The third-order valence-corrected chi connectivity index (χ3v) is 4.27. The van der Waals surface area contributed by atoms with Crippen LogP contribution in [0.5, 0.6) is 5.75 Å². The second-order valence-electron chi connectivity index (χ2n) is 7.19. The molecule has 2 aromatic rings. The first-order chi connectivity index (χ1) is 14.2. The lowest BCUT2D eigenvalue weighted by molar-refractivity contribution is -0.385. The van der Waals surface area contributed by atoms with Gasteiger partial charge in [-0.3, -0.25) is 19.7 Å². The summed E-state index contributed by atoms with van der Waals surface area (Å²) in [4.78, 5) is 35.8. The number of aryl methyl sites for hydroxylation is 1. The van der Waals surface area contributed by atoms with E-state index >= 15 is 0 Å². The van der Waals surface area contributed by atoms with Crippen molar-refractivity contribution in [2.75, 3.05) is 0 Å². The summed E-state index contributed by atoms with van der Waals surface area (Å²) in [6.07, 6.45) is -1.46. The van der Waals surface area contributed by atoms with Crippen LogP contribution >= 0.6 is 0 Å². The van der Waals surface area contributed by atoms with Crippen LogP contribution in [0.2, 0.25) is 0 Å². The van der Waals surface area contributed by atoms with Gasteiger partial charge in [-0.05, 0) is 39.8 Å². The molecule has 0 saturated carbocycles. The van der Waals surface area contributed by atoms with E-state index in [2.05, 4.69) is 5.32 Å². The van der Waals surface area contributed by atoms with Gasteiger partial charge in [0.05, 0.1) is 29.1 Å². The fraction of sp³-hybridized carbons (Fsp3) is 0.364. The number of carbonyl (C=O) groups excluding carboxylic acids is 2. The minimum absolute atomic E-state index is 0.188. The van der Waals surface area contributed by atoms with Crippen LogP contribution < -0.4 is 10.1 Å². The van der Waals surface area contributed by atoms with Gasteiger partial charge in [0, 0.05) is 6.07 Å². The highest BCUT2D eigenvalue weighted by Crippen LogP contribution is 2.28. The maximum atomic E-state index is 12.7. The number of hydrogen-bond acceptors (Lipinski definition) is 6. The molecule has 1 N–H and O–H groups in total. The predicted molar refractivity (Wildman–Crippen MR) is 111 cm³/mol. The number of rotatable bonds is 9. The molecule has 2 atom stereocenters. The number of esters is 1. The maximum Gasteiger partial charge on any atom is 0.308 e. The van der Waals surface area contributed by atoms with Gasteiger partial charge in [-0.15, -0.1) is 0 Å². The van der Waals surface area contributed by atoms with Crippen LogP contribution in [-0.2, 0) is 14.3 Å². The van der Waals surface area contributed by atoms with E-state index in [1.54, 1.807) is 39.0 Å². The van der Waals surface area contributed by atoms with Crippen LogP contribution in [0, 0.1) is 17.0 Å². The Balaban J connectivity index is 2.21. The molecular formula is C22H26N2O6. The fourth-order valence-electron chi connectivity index (χ4n) is 2.83. The topological polar surface area (TPSA) is 108 Å². The van der Waals surface area contributed by atoms with Crippen molar-refractivity contribution in [3.8, 4) is 5.75 Å². The number of hydrogen-bond donors (Lipinski definition) is 1. The molecule has 0 aliphatic rings. The van der Waals surface area contributed by atoms with E-state index in [4.69, 9.17) is 9.47 Å². The Labute approximate surface area is 175 Å². The van der Waals surface area contributed by atoms with Gasteiger partial charge in [-0.2, -0.15) is 0 Å². The molecule has 0 aliphatic heterocycles. The van der Waals surface area contributed by atoms with Crippen molar-refractivity contribution in [1.82, 2.24) is 5.32 Å². The van der Waals surface area contributed by atoms with Crippen molar-refractivity contribution >= 4 is 17.6 Å². The number of nitro benzene ring substituents is 1. The zero-order valence-corrected chi connectivity index (χ0v) is 17.5. The molecular weight excluding hydrogens is 388 g/mol. The fourth-order valence-corrected chi connectivity index (χ4v) is 2.83. The Morgan fingerprint density at radius 3 is 2.30 bits per heavy atom.